The first-order chi connectivity index (χ1) is 5.83. The Morgan fingerprint density at radius 1 is 1.58 bits per heavy atom. The number of hydrogen-bond acceptors (Lipinski definition) is 3. The number of rotatable bonds is 4. The Kier molecular flexibility index (Phi) is 4.29. The van der Waals surface area contributed by atoms with Crippen LogP contribution in [0, 0.1) is 0 Å². The van der Waals surface area contributed by atoms with Gasteiger partial charge in [0.15, 0.2) is 0 Å². The van der Waals surface area contributed by atoms with E-state index in [-0.39, 0.29) is 12.2 Å². The van der Waals surface area contributed by atoms with Crippen LogP contribution in [0.15, 0.2) is 12.7 Å². The van der Waals surface area contributed by atoms with Gasteiger partial charge in [0, 0.05) is 0 Å². The molecule has 12 heavy (non-hydrogen) atoms. The summed E-state index contributed by atoms with van der Waals surface area (Å²) in [4.78, 5) is 0. The molecule has 0 amide bonds. The third-order valence-corrected chi connectivity index (χ3v) is 1.62. The smallest absolute Gasteiger partial charge is 0.105 e. The molecule has 70 valence electrons. The lowest BCUT2D eigenvalue weighted by Crippen LogP contribution is -2.37. The van der Waals surface area contributed by atoms with Crippen molar-refractivity contribution in [1.82, 2.24) is 0 Å². The van der Waals surface area contributed by atoms with Gasteiger partial charge in [0.05, 0.1) is 32.5 Å². The maximum Gasteiger partial charge on any atom is 0.105 e. The van der Waals surface area contributed by atoms with E-state index in [0.29, 0.717) is 26.4 Å². The standard InChI is InChI=1S/C9H16O3/c1-3-4-10-6-9-7-11-5-8(2)12-9/h3,8-9H,1,4-7H2,2H3. The van der Waals surface area contributed by atoms with Crippen LogP contribution in [0.3, 0.4) is 0 Å². The second-order valence-electron chi connectivity index (χ2n) is 2.93. The van der Waals surface area contributed by atoms with Gasteiger partial charge in [0.2, 0.25) is 0 Å². The van der Waals surface area contributed by atoms with Crippen LogP contribution in [-0.4, -0.2) is 38.6 Å². The van der Waals surface area contributed by atoms with Crippen molar-refractivity contribution >= 4 is 0 Å². The third kappa shape index (κ3) is 3.34. The van der Waals surface area contributed by atoms with Gasteiger partial charge in [0.25, 0.3) is 0 Å². The van der Waals surface area contributed by atoms with Crippen LogP contribution in [0.25, 0.3) is 0 Å². The van der Waals surface area contributed by atoms with Gasteiger partial charge in [-0.3, -0.25) is 0 Å². The fourth-order valence-corrected chi connectivity index (χ4v) is 1.14. The predicted molar refractivity (Wildman–Crippen MR) is 46.2 cm³/mol. The highest BCUT2D eigenvalue weighted by molar-refractivity contribution is 4.67. The molecule has 0 aliphatic carbocycles. The summed E-state index contributed by atoms with van der Waals surface area (Å²) in [6.07, 6.45) is 2.01. The van der Waals surface area contributed by atoms with Gasteiger partial charge in [0.1, 0.15) is 6.10 Å². The van der Waals surface area contributed by atoms with Crippen molar-refractivity contribution in [2.75, 3.05) is 26.4 Å². The van der Waals surface area contributed by atoms with E-state index >= 15 is 0 Å². The summed E-state index contributed by atoms with van der Waals surface area (Å²) >= 11 is 0. The summed E-state index contributed by atoms with van der Waals surface area (Å²) in [5.74, 6) is 0. The molecule has 2 atom stereocenters. The molecule has 1 saturated heterocycles. The number of ether oxygens (including phenoxy) is 3. The molecular weight excluding hydrogens is 156 g/mol. The minimum atomic E-state index is 0.0914. The molecule has 1 fully saturated rings. The van der Waals surface area contributed by atoms with Gasteiger partial charge in [-0.05, 0) is 6.92 Å². The molecule has 1 rings (SSSR count). The van der Waals surface area contributed by atoms with Crippen LogP contribution in [-0.2, 0) is 14.2 Å². The summed E-state index contributed by atoms with van der Waals surface area (Å²) < 4.78 is 16.1. The van der Waals surface area contributed by atoms with E-state index in [1.807, 2.05) is 6.92 Å². The molecule has 0 bridgehead atoms. The zero-order chi connectivity index (χ0) is 8.81. The Balaban J connectivity index is 2.09. The molecular formula is C9H16O3. The van der Waals surface area contributed by atoms with Crippen molar-refractivity contribution in [3.8, 4) is 0 Å². The monoisotopic (exact) mass is 172 g/mol. The summed E-state index contributed by atoms with van der Waals surface area (Å²) in [7, 11) is 0. The zero-order valence-electron chi connectivity index (χ0n) is 7.49. The normalized spacial score (nSPS) is 30.1. The maximum absolute atomic E-state index is 5.55. The van der Waals surface area contributed by atoms with Crippen molar-refractivity contribution in [2.24, 2.45) is 0 Å². The fraction of sp³-hybridized carbons (Fsp3) is 0.778. The molecule has 0 N–H and O–H groups in total. The first-order valence-electron chi connectivity index (χ1n) is 4.24. The highest BCUT2D eigenvalue weighted by atomic mass is 16.6. The Labute approximate surface area is 73.3 Å². The largest absolute Gasteiger partial charge is 0.376 e. The molecule has 0 aromatic heterocycles. The molecule has 0 saturated carbocycles. The van der Waals surface area contributed by atoms with Gasteiger partial charge < -0.3 is 14.2 Å². The minimum absolute atomic E-state index is 0.0914. The SMILES string of the molecule is C=CCOCC1COCC(C)O1. The Hall–Kier alpha value is -0.380. The zero-order valence-corrected chi connectivity index (χ0v) is 7.49. The van der Waals surface area contributed by atoms with E-state index in [2.05, 4.69) is 6.58 Å². The van der Waals surface area contributed by atoms with Crippen molar-refractivity contribution in [2.45, 2.75) is 19.1 Å². The lowest BCUT2D eigenvalue weighted by Gasteiger charge is -2.27. The Morgan fingerprint density at radius 3 is 3.08 bits per heavy atom. The lowest BCUT2D eigenvalue weighted by molar-refractivity contribution is -0.149. The molecule has 0 aromatic carbocycles. The first kappa shape index (κ1) is 9.71. The van der Waals surface area contributed by atoms with E-state index < -0.39 is 0 Å². The summed E-state index contributed by atoms with van der Waals surface area (Å²) in [6, 6.07) is 0. The van der Waals surface area contributed by atoms with Crippen molar-refractivity contribution in [3.05, 3.63) is 12.7 Å². The molecule has 1 aliphatic heterocycles. The quantitative estimate of drug-likeness (QED) is 0.467. The average Bonchev–Trinajstić information content (AvgIpc) is 2.05. The van der Waals surface area contributed by atoms with E-state index in [9.17, 15) is 0 Å². The lowest BCUT2D eigenvalue weighted by atomic mass is 10.3. The van der Waals surface area contributed by atoms with E-state index in [1.165, 1.54) is 0 Å². The van der Waals surface area contributed by atoms with Crippen molar-refractivity contribution in [3.63, 3.8) is 0 Å². The van der Waals surface area contributed by atoms with Gasteiger partial charge in [-0.15, -0.1) is 6.58 Å². The van der Waals surface area contributed by atoms with E-state index in [4.69, 9.17) is 14.2 Å². The molecule has 0 aromatic rings. The van der Waals surface area contributed by atoms with E-state index in [1.54, 1.807) is 6.08 Å². The third-order valence-electron chi connectivity index (χ3n) is 1.62. The van der Waals surface area contributed by atoms with Crippen LogP contribution in [0.2, 0.25) is 0 Å². The fourth-order valence-electron chi connectivity index (χ4n) is 1.14. The van der Waals surface area contributed by atoms with Crippen molar-refractivity contribution < 1.29 is 14.2 Å². The molecule has 3 heteroatoms. The van der Waals surface area contributed by atoms with Crippen LogP contribution < -0.4 is 0 Å². The average molecular weight is 172 g/mol. The van der Waals surface area contributed by atoms with Gasteiger partial charge in [-0.1, -0.05) is 6.08 Å². The van der Waals surface area contributed by atoms with Crippen LogP contribution in [0.1, 0.15) is 6.92 Å². The van der Waals surface area contributed by atoms with Crippen LogP contribution >= 0.6 is 0 Å². The Morgan fingerprint density at radius 2 is 2.42 bits per heavy atom. The molecule has 0 radical (unpaired) electrons. The highest BCUT2D eigenvalue weighted by Crippen LogP contribution is 2.07. The van der Waals surface area contributed by atoms with Gasteiger partial charge >= 0.3 is 0 Å². The maximum atomic E-state index is 5.55. The molecule has 0 spiro atoms. The molecule has 1 heterocycles. The Bertz CT molecular complexity index is 136. The minimum Gasteiger partial charge on any atom is -0.376 e. The summed E-state index contributed by atoms with van der Waals surface area (Å²) in [6.45, 7) is 8.06. The first-order valence-corrected chi connectivity index (χ1v) is 4.24. The second-order valence-corrected chi connectivity index (χ2v) is 2.93. The number of hydrogen-bond donors (Lipinski definition) is 0. The summed E-state index contributed by atoms with van der Waals surface area (Å²) in [5, 5.41) is 0. The molecule has 2 unspecified atom stereocenters. The summed E-state index contributed by atoms with van der Waals surface area (Å²) in [5.41, 5.74) is 0. The second kappa shape index (κ2) is 5.30. The van der Waals surface area contributed by atoms with Crippen LogP contribution in [0.4, 0.5) is 0 Å². The molecule has 1 aliphatic rings. The van der Waals surface area contributed by atoms with Gasteiger partial charge in [-0.25, -0.2) is 0 Å². The highest BCUT2D eigenvalue weighted by Gasteiger charge is 2.19. The predicted octanol–water partition coefficient (Wildman–Crippen LogP) is 0.993. The van der Waals surface area contributed by atoms with Gasteiger partial charge in [-0.2, -0.15) is 0 Å². The molecule has 3 nitrogen and oxygen atoms in total. The van der Waals surface area contributed by atoms with E-state index in [0.717, 1.165) is 0 Å². The van der Waals surface area contributed by atoms with Crippen molar-refractivity contribution in [1.29, 1.82) is 0 Å². The van der Waals surface area contributed by atoms with Crippen LogP contribution in [0.5, 0.6) is 0 Å². The topological polar surface area (TPSA) is 27.7 Å².